The second-order valence-corrected chi connectivity index (χ2v) is 9.81. The van der Waals surface area contributed by atoms with Gasteiger partial charge in [-0.2, -0.15) is 5.11 Å². The monoisotopic (exact) mass is 483 g/mol. The number of phenolic OH excluding ortho intramolecular Hbond substituents is 1. The molecule has 0 spiro atoms. The van der Waals surface area contributed by atoms with Crippen LogP contribution in [0.3, 0.4) is 0 Å². The van der Waals surface area contributed by atoms with E-state index in [9.17, 15) is 9.90 Å². The Morgan fingerprint density at radius 3 is 2.80 bits per heavy atom. The van der Waals surface area contributed by atoms with Crippen LogP contribution in [0.5, 0.6) is 5.75 Å². The van der Waals surface area contributed by atoms with Crippen molar-refractivity contribution in [1.29, 1.82) is 0 Å². The molecule has 176 valence electrons. The number of hydrogen-bond donors (Lipinski definition) is 1. The van der Waals surface area contributed by atoms with Crippen molar-refractivity contribution in [3.63, 3.8) is 0 Å². The third-order valence-electron chi connectivity index (χ3n) is 6.25. The molecule has 1 heterocycles. The van der Waals surface area contributed by atoms with Crippen molar-refractivity contribution < 1.29 is 14.6 Å². The summed E-state index contributed by atoms with van der Waals surface area (Å²) in [6.07, 6.45) is 4.40. The van der Waals surface area contributed by atoms with E-state index >= 15 is 0 Å². The molecule has 0 fully saturated rings. The number of methoxy groups -OCH3 is 1. The van der Waals surface area contributed by atoms with Crippen LogP contribution in [-0.4, -0.2) is 24.4 Å². The van der Waals surface area contributed by atoms with E-state index in [1.807, 2.05) is 42.5 Å². The summed E-state index contributed by atoms with van der Waals surface area (Å²) >= 11 is 1.52. The lowest BCUT2D eigenvalue weighted by atomic mass is 9.88. The third kappa shape index (κ3) is 4.72. The van der Waals surface area contributed by atoms with Crippen LogP contribution in [0.1, 0.15) is 39.7 Å². The molecule has 6 nitrogen and oxygen atoms in total. The number of thiophene rings is 1. The van der Waals surface area contributed by atoms with Crippen LogP contribution < -0.4 is 0 Å². The first kappa shape index (κ1) is 22.9. The predicted molar refractivity (Wildman–Crippen MR) is 140 cm³/mol. The van der Waals surface area contributed by atoms with E-state index in [0.29, 0.717) is 27.7 Å². The topological polar surface area (TPSA) is 83.6 Å². The molecule has 1 N–H and O–H groups in total. The number of benzene rings is 3. The van der Waals surface area contributed by atoms with Gasteiger partial charge in [-0.3, -0.25) is 0 Å². The molecule has 0 unspecified atom stereocenters. The van der Waals surface area contributed by atoms with Gasteiger partial charge in [0, 0.05) is 22.0 Å². The zero-order valence-corrected chi connectivity index (χ0v) is 20.4. The van der Waals surface area contributed by atoms with Crippen LogP contribution in [0, 0.1) is 5.92 Å². The van der Waals surface area contributed by atoms with Gasteiger partial charge in [0.15, 0.2) is 0 Å². The summed E-state index contributed by atoms with van der Waals surface area (Å²) in [5.74, 6) is 0.287. The number of rotatable bonds is 5. The summed E-state index contributed by atoms with van der Waals surface area (Å²) in [6.45, 7) is 2.22. The standard InChI is InChI=1S/C28H25N3O3S/c1-17-10-12-22-25(14-17)35-27(26(22)28(33)34-2)29-16-19-15-20(11-13-24(19)32)30-31-23-9-5-7-18-6-3-4-8-21(18)23/h3-9,11,13,15-17,32H,10,12,14H2,1-2H3/t17-/m1/s1. The minimum absolute atomic E-state index is 0.0763. The van der Waals surface area contributed by atoms with Crippen LogP contribution >= 0.6 is 11.3 Å². The number of carbonyl (C=O) groups is 1. The van der Waals surface area contributed by atoms with Crippen LogP contribution in [-0.2, 0) is 17.6 Å². The molecule has 5 rings (SSSR count). The number of nitrogens with zero attached hydrogens (tertiary/aromatic N) is 3. The zero-order chi connectivity index (χ0) is 24.4. The van der Waals surface area contributed by atoms with Gasteiger partial charge in [0.2, 0.25) is 0 Å². The zero-order valence-electron chi connectivity index (χ0n) is 19.6. The van der Waals surface area contributed by atoms with Crippen LogP contribution in [0.15, 0.2) is 75.9 Å². The summed E-state index contributed by atoms with van der Waals surface area (Å²) in [5.41, 5.74) is 3.45. The Kier molecular flexibility index (Phi) is 6.42. The average molecular weight is 484 g/mol. The number of hydrogen-bond acceptors (Lipinski definition) is 7. The van der Waals surface area contributed by atoms with Gasteiger partial charge in [-0.05, 0) is 60.4 Å². The molecule has 4 aromatic rings. The number of azo groups is 1. The molecule has 0 amide bonds. The maximum Gasteiger partial charge on any atom is 0.341 e. The number of aromatic hydroxyl groups is 1. The summed E-state index contributed by atoms with van der Waals surface area (Å²) < 4.78 is 5.04. The lowest BCUT2D eigenvalue weighted by Crippen LogP contribution is -2.12. The molecule has 0 saturated carbocycles. The number of phenols is 1. The maximum absolute atomic E-state index is 12.5. The lowest BCUT2D eigenvalue weighted by Gasteiger charge is -2.18. The van der Waals surface area contributed by atoms with Gasteiger partial charge < -0.3 is 9.84 Å². The molecular weight excluding hydrogens is 458 g/mol. The molecule has 1 aliphatic carbocycles. The highest BCUT2D eigenvalue weighted by Crippen LogP contribution is 2.41. The van der Waals surface area contributed by atoms with Crippen molar-refractivity contribution in [2.45, 2.75) is 26.2 Å². The summed E-state index contributed by atoms with van der Waals surface area (Å²) in [5, 5.41) is 21.9. The minimum Gasteiger partial charge on any atom is -0.507 e. The van der Waals surface area contributed by atoms with Crippen LogP contribution in [0.25, 0.3) is 10.8 Å². The van der Waals surface area contributed by atoms with E-state index < -0.39 is 0 Å². The molecule has 3 aromatic carbocycles. The fourth-order valence-electron chi connectivity index (χ4n) is 4.38. The fourth-order valence-corrected chi connectivity index (χ4v) is 5.73. The Hall–Kier alpha value is -3.84. The SMILES string of the molecule is COC(=O)c1c(N=Cc2cc(N=Nc3cccc4ccccc34)ccc2O)sc2c1CC[C@@H](C)C2. The van der Waals surface area contributed by atoms with E-state index in [1.165, 1.54) is 23.3 Å². The fraction of sp³-hybridized carbons (Fsp3) is 0.214. The molecule has 0 saturated heterocycles. The van der Waals surface area contributed by atoms with Crippen LogP contribution in [0.2, 0.25) is 0 Å². The second kappa shape index (κ2) is 9.80. The Balaban J connectivity index is 1.46. The number of ether oxygens (including phenoxy) is 1. The number of fused-ring (bicyclic) bond motifs is 2. The predicted octanol–water partition coefficient (Wildman–Crippen LogP) is 7.68. The Morgan fingerprint density at radius 2 is 1.94 bits per heavy atom. The molecule has 7 heteroatoms. The molecule has 1 atom stereocenters. The Morgan fingerprint density at radius 1 is 1.11 bits per heavy atom. The summed E-state index contributed by atoms with van der Waals surface area (Å²) in [6, 6.07) is 18.9. The molecular formula is C28H25N3O3S. The van der Waals surface area contributed by atoms with Crippen molar-refractivity contribution in [3.05, 3.63) is 82.2 Å². The lowest BCUT2D eigenvalue weighted by molar-refractivity contribution is 0.0600. The first-order valence-corrected chi connectivity index (χ1v) is 12.3. The quantitative estimate of drug-likeness (QED) is 0.179. The molecule has 0 aliphatic heterocycles. The molecule has 0 radical (unpaired) electrons. The molecule has 1 aromatic heterocycles. The van der Waals surface area contributed by atoms with Gasteiger partial charge in [0.05, 0.1) is 24.0 Å². The highest BCUT2D eigenvalue weighted by Gasteiger charge is 2.27. The highest BCUT2D eigenvalue weighted by molar-refractivity contribution is 7.16. The van der Waals surface area contributed by atoms with Crippen molar-refractivity contribution in [3.8, 4) is 5.75 Å². The smallest absolute Gasteiger partial charge is 0.341 e. The largest absolute Gasteiger partial charge is 0.507 e. The third-order valence-corrected chi connectivity index (χ3v) is 7.42. The van der Waals surface area contributed by atoms with Crippen molar-refractivity contribution in [1.82, 2.24) is 0 Å². The van der Waals surface area contributed by atoms with E-state index in [2.05, 4.69) is 22.1 Å². The van der Waals surface area contributed by atoms with Gasteiger partial charge in [0.1, 0.15) is 10.8 Å². The second-order valence-electron chi connectivity index (χ2n) is 8.72. The van der Waals surface area contributed by atoms with Gasteiger partial charge in [0.25, 0.3) is 0 Å². The maximum atomic E-state index is 12.5. The van der Waals surface area contributed by atoms with Gasteiger partial charge in [-0.15, -0.1) is 16.5 Å². The van der Waals surface area contributed by atoms with Gasteiger partial charge >= 0.3 is 5.97 Å². The molecule has 35 heavy (non-hydrogen) atoms. The molecule has 1 aliphatic rings. The molecule has 0 bridgehead atoms. The summed E-state index contributed by atoms with van der Waals surface area (Å²) in [4.78, 5) is 18.3. The van der Waals surface area contributed by atoms with Gasteiger partial charge in [-0.1, -0.05) is 43.3 Å². The number of carbonyl (C=O) groups excluding carboxylic acids is 1. The summed E-state index contributed by atoms with van der Waals surface area (Å²) in [7, 11) is 1.39. The van der Waals surface area contributed by atoms with Crippen molar-refractivity contribution in [2.24, 2.45) is 21.1 Å². The minimum atomic E-state index is -0.369. The number of aliphatic imine (C=N–C) groups is 1. The average Bonchev–Trinajstić information content (AvgIpc) is 3.24. The van der Waals surface area contributed by atoms with Crippen molar-refractivity contribution >= 4 is 50.7 Å². The first-order valence-electron chi connectivity index (χ1n) is 11.5. The van der Waals surface area contributed by atoms with E-state index in [4.69, 9.17) is 4.74 Å². The normalized spacial score (nSPS) is 15.7. The Labute approximate surface area is 207 Å². The first-order chi connectivity index (χ1) is 17.0. The Bertz CT molecular complexity index is 1470. The van der Waals surface area contributed by atoms with Crippen molar-refractivity contribution in [2.75, 3.05) is 7.11 Å². The van der Waals surface area contributed by atoms with E-state index in [0.717, 1.165) is 41.3 Å². The highest BCUT2D eigenvalue weighted by atomic mass is 32.1. The van der Waals surface area contributed by atoms with E-state index in [1.54, 1.807) is 24.4 Å². The van der Waals surface area contributed by atoms with Gasteiger partial charge in [-0.25, -0.2) is 9.79 Å². The number of esters is 1. The van der Waals surface area contributed by atoms with E-state index in [-0.39, 0.29) is 11.7 Å². The van der Waals surface area contributed by atoms with Crippen LogP contribution in [0.4, 0.5) is 16.4 Å².